The van der Waals surface area contributed by atoms with Gasteiger partial charge in [0.1, 0.15) is 5.75 Å². The Hall–Kier alpha value is -2.09. The molecule has 2 heteroatoms. The summed E-state index contributed by atoms with van der Waals surface area (Å²) in [7, 11) is 0. The smallest absolute Gasteiger partial charge is 0.314 e. The van der Waals surface area contributed by atoms with E-state index in [1.54, 1.807) is 0 Å². The van der Waals surface area contributed by atoms with Crippen LogP contribution in [0, 0.1) is 11.8 Å². The summed E-state index contributed by atoms with van der Waals surface area (Å²) in [5.74, 6) is 0.885. The number of esters is 1. The van der Waals surface area contributed by atoms with Crippen LogP contribution in [0.4, 0.5) is 0 Å². The molecule has 0 aromatic heterocycles. The van der Waals surface area contributed by atoms with Gasteiger partial charge in [0.25, 0.3) is 0 Å². The second-order valence-corrected chi connectivity index (χ2v) is 5.66. The second kappa shape index (κ2) is 5.12. The summed E-state index contributed by atoms with van der Waals surface area (Å²) in [6.07, 6.45) is 0.770. The first-order chi connectivity index (χ1) is 9.65. The van der Waals surface area contributed by atoms with Crippen molar-refractivity contribution in [2.45, 2.75) is 20.3 Å². The fourth-order valence-corrected chi connectivity index (χ4v) is 2.66. The Morgan fingerprint density at radius 3 is 2.50 bits per heavy atom. The van der Waals surface area contributed by atoms with Gasteiger partial charge >= 0.3 is 5.97 Å². The molecule has 2 nitrogen and oxygen atoms in total. The van der Waals surface area contributed by atoms with E-state index in [-0.39, 0.29) is 11.9 Å². The lowest BCUT2D eigenvalue weighted by Gasteiger charge is -2.26. The fraction of sp³-hybridized carbons (Fsp3) is 0.278. The molecule has 0 N–H and O–H groups in total. The summed E-state index contributed by atoms with van der Waals surface area (Å²) in [5, 5.41) is 0. The van der Waals surface area contributed by atoms with Crippen LogP contribution in [0.2, 0.25) is 0 Å². The summed E-state index contributed by atoms with van der Waals surface area (Å²) < 4.78 is 5.46. The van der Waals surface area contributed by atoms with Crippen LogP contribution in [0.1, 0.15) is 19.4 Å². The summed E-state index contributed by atoms with van der Waals surface area (Å²) in [4.78, 5) is 11.9. The zero-order valence-electron chi connectivity index (χ0n) is 11.8. The standard InChI is InChI=1S/C18H18O2/c1-12(2)16-11-15-10-14(13-6-4-3-5-7-13)8-9-17(15)20-18(16)19/h3-10,12,16H,11H2,1-2H3/t16-/m0/s1. The lowest BCUT2D eigenvalue weighted by atomic mass is 9.86. The molecule has 0 bridgehead atoms. The topological polar surface area (TPSA) is 26.3 Å². The highest BCUT2D eigenvalue weighted by Crippen LogP contribution is 2.34. The number of hydrogen-bond donors (Lipinski definition) is 0. The number of carbonyl (C=O) groups is 1. The molecule has 0 amide bonds. The summed E-state index contributed by atoms with van der Waals surface area (Å²) in [6.45, 7) is 4.13. The van der Waals surface area contributed by atoms with Gasteiger partial charge in [-0.3, -0.25) is 4.79 Å². The minimum Gasteiger partial charge on any atom is -0.426 e. The van der Waals surface area contributed by atoms with E-state index in [0.29, 0.717) is 11.7 Å². The van der Waals surface area contributed by atoms with Gasteiger partial charge in [-0.25, -0.2) is 0 Å². The van der Waals surface area contributed by atoms with E-state index in [2.05, 4.69) is 32.0 Å². The third kappa shape index (κ3) is 2.34. The van der Waals surface area contributed by atoms with E-state index in [1.165, 1.54) is 11.1 Å². The van der Waals surface area contributed by atoms with Crippen molar-refractivity contribution >= 4 is 5.97 Å². The first kappa shape index (κ1) is 12.9. The molecule has 1 heterocycles. The van der Waals surface area contributed by atoms with Crippen molar-refractivity contribution in [2.75, 3.05) is 0 Å². The number of fused-ring (bicyclic) bond motifs is 1. The van der Waals surface area contributed by atoms with Crippen LogP contribution in [-0.2, 0) is 11.2 Å². The molecule has 102 valence electrons. The van der Waals surface area contributed by atoms with Gasteiger partial charge in [-0.2, -0.15) is 0 Å². The van der Waals surface area contributed by atoms with Gasteiger partial charge < -0.3 is 4.74 Å². The van der Waals surface area contributed by atoms with Crippen molar-refractivity contribution in [1.82, 2.24) is 0 Å². The molecular weight excluding hydrogens is 248 g/mol. The van der Waals surface area contributed by atoms with E-state index in [9.17, 15) is 4.79 Å². The van der Waals surface area contributed by atoms with Crippen molar-refractivity contribution in [3.63, 3.8) is 0 Å². The van der Waals surface area contributed by atoms with Crippen LogP contribution in [0.15, 0.2) is 48.5 Å². The van der Waals surface area contributed by atoms with Crippen molar-refractivity contribution in [1.29, 1.82) is 0 Å². The maximum atomic E-state index is 11.9. The highest BCUT2D eigenvalue weighted by atomic mass is 16.5. The van der Waals surface area contributed by atoms with E-state index in [4.69, 9.17) is 4.74 Å². The fourth-order valence-electron chi connectivity index (χ4n) is 2.66. The molecule has 1 aliphatic heterocycles. The molecule has 2 aromatic carbocycles. The number of rotatable bonds is 2. The predicted octanol–water partition coefficient (Wildman–Crippen LogP) is 4.09. The molecule has 20 heavy (non-hydrogen) atoms. The van der Waals surface area contributed by atoms with Gasteiger partial charge in [0.05, 0.1) is 5.92 Å². The quantitative estimate of drug-likeness (QED) is 0.604. The Balaban J connectivity index is 1.98. The Morgan fingerprint density at radius 1 is 1.05 bits per heavy atom. The van der Waals surface area contributed by atoms with Gasteiger partial charge in [-0.15, -0.1) is 0 Å². The molecule has 1 atom stereocenters. The van der Waals surface area contributed by atoms with Gasteiger partial charge in [-0.05, 0) is 41.2 Å². The minimum atomic E-state index is -0.0973. The van der Waals surface area contributed by atoms with E-state index in [0.717, 1.165) is 12.0 Å². The van der Waals surface area contributed by atoms with Crippen LogP contribution in [0.5, 0.6) is 5.75 Å². The van der Waals surface area contributed by atoms with Crippen molar-refractivity contribution < 1.29 is 9.53 Å². The predicted molar refractivity (Wildman–Crippen MR) is 79.5 cm³/mol. The van der Waals surface area contributed by atoms with Crippen LogP contribution < -0.4 is 4.74 Å². The average molecular weight is 266 g/mol. The highest BCUT2D eigenvalue weighted by molar-refractivity contribution is 5.79. The van der Waals surface area contributed by atoms with Gasteiger partial charge in [0, 0.05) is 0 Å². The number of carbonyl (C=O) groups excluding carboxylic acids is 1. The molecular formula is C18H18O2. The second-order valence-electron chi connectivity index (χ2n) is 5.66. The lowest BCUT2D eigenvalue weighted by molar-refractivity contribution is -0.141. The zero-order valence-corrected chi connectivity index (χ0v) is 11.8. The van der Waals surface area contributed by atoms with Gasteiger partial charge in [-0.1, -0.05) is 50.2 Å². The largest absolute Gasteiger partial charge is 0.426 e. The molecule has 1 aliphatic rings. The molecule has 0 spiro atoms. The van der Waals surface area contributed by atoms with E-state index < -0.39 is 0 Å². The third-order valence-electron chi connectivity index (χ3n) is 3.93. The van der Waals surface area contributed by atoms with Crippen LogP contribution in [-0.4, -0.2) is 5.97 Å². The lowest BCUT2D eigenvalue weighted by Crippen LogP contribution is -2.31. The van der Waals surface area contributed by atoms with Crippen molar-refractivity contribution in [2.24, 2.45) is 11.8 Å². The zero-order chi connectivity index (χ0) is 14.1. The maximum absolute atomic E-state index is 11.9. The monoisotopic (exact) mass is 266 g/mol. The maximum Gasteiger partial charge on any atom is 0.314 e. The minimum absolute atomic E-state index is 0.0338. The summed E-state index contributed by atoms with van der Waals surface area (Å²) in [5.41, 5.74) is 3.49. The third-order valence-corrected chi connectivity index (χ3v) is 3.93. The Morgan fingerprint density at radius 2 is 1.80 bits per heavy atom. The Bertz CT molecular complexity index is 629. The Kier molecular flexibility index (Phi) is 3.31. The van der Waals surface area contributed by atoms with Crippen molar-refractivity contribution in [3.05, 3.63) is 54.1 Å². The van der Waals surface area contributed by atoms with Gasteiger partial charge in [0.2, 0.25) is 0 Å². The number of hydrogen-bond acceptors (Lipinski definition) is 2. The molecule has 3 rings (SSSR count). The Labute approximate surface area is 119 Å². The first-order valence-electron chi connectivity index (χ1n) is 7.05. The SMILES string of the molecule is CC(C)[C@@H]1Cc2cc(-c3ccccc3)ccc2OC1=O. The summed E-state index contributed by atoms with van der Waals surface area (Å²) in [6, 6.07) is 16.3. The van der Waals surface area contributed by atoms with Crippen molar-refractivity contribution in [3.8, 4) is 16.9 Å². The highest BCUT2D eigenvalue weighted by Gasteiger charge is 2.30. The van der Waals surface area contributed by atoms with Crippen LogP contribution in [0.25, 0.3) is 11.1 Å². The van der Waals surface area contributed by atoms with E-state index >= 15 is 0 Å². The first-order valence-corrected chi connectivity index (χ1v) is 7.05. The number of ether oxygens (including phenoxy) is 1. The molecule has 0 unspecified atom stereocenters. The van der Waals surface area contributed by atoms with Crippen LogP contribution in [0.3, 0.4) is 0 Å². The van der Waals surface area contributed by atoms with Crippen LogP contribution >= 0.6 is 0 Å². The summed E-state index contributed by atoms with van der Waals surface area (Å²) >= 11 is 0. The molecule has 0 saturated carbocycles. The molecule has 2 aromatic rings. The molecule has 0 aliphatic carbocycles. The molecule has 0 fully saturated rings. The average Bonchev–Trinajstić information content (AvgIpc) is 2.47. The molecule has 0 saturated heterocycles. The molecule has 0 radical (unpaired) electrons. The normalized spacial score (nSPS) is 17.8. The van der Waals surface area contributed by atoms with E-state index in [1.807, 2.05) is 30.3 Å². The van der Waals surface area contributed by atoms with Gasteiger partial charge in [0.15, 0.2) is 0 Å². The number of benzene rings is 2.